The molecule has 1 aromatic carbocycles. The topological polar surface area (TPSA) is 93.7 Å². The summed E-state index contributed by atoms with van der Waals surface area (Å²) in [5, 5.41) is 7.60. The highest BCUT2D eigenvalue weighted by Crippen LogP contribution is 2.35. The van der Waals surface area contributed by atoms with Crippen molar-refractivity contribution < 1.29 is 23.9 Å². The summed E-state index contributed by atoms with van der Waals surface area (Å²) in [5.41, 5.74) is 1.22. The van der Waals surface area contributed by atoms with E-state index in [-0.39, 0.29) is 29.0 Å². The van der Waals surface area contributed by atoms with Crippen LogP contribution in [0.15, 0.2) is 41.8 Å². The molecule has 0 spiro atoms. The summed E-state index contributed by atoms with van der Waals surface area (Å²) in [6.45, 7) is 3.53. The quantitative estimate of drug-likeness (QED) is 0.510. The van der Waals surface area contributed by atoms with E-state index >= 15 is 0 Å². The van der Waals surface area contributed by atoms with Crippen LogP contribution in [-0.2, 0) is 4.74 Å². The van der Waals surface area contributed by atoms with Crippen LogP contribution in [0.2, 0.25) is 0 Å². The number of hydrogen-bond donors (Lipinski definition) is 2. The number of rotatable bonds is 7. The summed E-state index contributed by atoms with van der Waals surface area (Å²) in [4.78, 5) is 38.7. The van der Waals surface area contributed by atoms with Crippen molar-refractivity contribution in [1.29, 1.82) is 0 Å². The molecule has 0 aliphatic heterocycles. The molecule has 2 heterocycles. The van der Waals surface area contributed by atoms with Crippen LogP contribution in [-0.4, -0.2) is 31.5 Å². The first kappa shape index (κ1) is 21.5. The number of benzene rings is 1. The average molecular weight is 445 g/mol. The van der Waals surface area contributed by atoms with Gasteiger partial charge in [0.2, 0.25) is 0 Å². The Bertz CT molecular complexity index is 1060. The molecule has 7 nitrogen and oxygen atoms in total. The largest absolute Gasteiger partial charge is 0.497 e. The molecule has 2 aromatic heterocycles. The molecular weight excluding hydrogens is 424 g/mol. The van der Waals surface area contributed by atoms with E-state index in [1.54, 1.807) is 62.7 Å². The Morgan fingerprint density at radius 1 is 1.03 bits per heavy atom. The van der Waals surface area contributed by atoms with Gasteiger partial charge in [-0.15, -0.1) is 22.7 Å². The summed E-state index contributed by atoms with van der Waals surface area (Å²) in [6.07, 6.45) is 0. The van der Waals surface area contributed by atoms with Gasteiger partial charge in [-0.1, -0.05) is 6.07 Å². The van der Waals surface area contributed by atoms with E-state index in [9.17, 15) is 14.4 Å². The maximum absolute atomic E-state index is 12.9. The molecule has 9 heteroatoms. The molecule has 30 heavy (non-hydrogen) atoms. The Labute approximate surface area is 181 Å². The number of anilines is 2. The predicted molar refractivity (Wildman–Crippen MR) is 118 cm³/mol. The molecule has 0 saturated carbocycles. The maximum Gasteiger partial charge on any atom is 0.341 e. The third-order valence-corrected chi connectivity index (χ3v) is 6.23. The fourth-order valence-corrected chi connectivity index (χ4v) is 4.41. The van der Waals surface area contributed by atoms with Crippen molar-refractivity contribution in [2.45, 2.75) is 13.8 Å². The smallest absolute Gasteiger partial charge is 0.341 e. The zero-order valence-corrected chi connectivity index (χ0v) is 18.2. The SMILES string of the molecule is CCOC(=O)c1c(NC(=O)c2cccs2)sc(C(=O)Nc2ccc(OC)cc2)c1C. The number of hydrogen-bond acceptors (Lipinski definition) is 7. The Morgan fingerprint density at radius 3 is 2.37 bits per heavy atom. The van der Waals surface area contributed by atoms with E-state index in [1.807, 2.05) is 0 Å². The van der Waals surface area contributed by atoms with Crippen LogP contribution < -0.4 is 15.4 Å². The predicted octanol–water partition coefficient (Wildman–Crippen LogP) is 4.81. The second kappa shape index (κ2) is 9.55. The Balaban J connectivity index is 1.90. The van der Waals surface area contributed by atoms with Crippen molar-refractivity contribution in [1.82, 2.24) is 0 Å². The Hall–Kier alpha value is -3.17. The molecule has 156 valence electrons. The van der Waals surface area contributed by atoms with Crippen LogP contribution in [0.5, 0.6) is 5.75 Å². The third kappa shape index (κ3) is 4.69. The highest BCUT2D eigenvalue weighted by molar-refractivity contribution is 7.19. The van der Waals surface area contributed by atoms with Crippen LogP contribution in [0.25, 0.3) is 0 Å². The van der Waals surface area contributed by atoms with Crippen LogP contribution >= 0.6 is 22.7 Å². The van der Waals surface area contributed by atoms with Crippen LogP contribution in [0.3, 0.4) is 0 Å². The average Bonchev–Trinajstić information content (AvgIpc) is 3.37. The minimum absolute atomic E-state index is 0.180. The second-order valence-corrected chi connectivity index (χ2v) is 8.06. The van der Waals surface area contributed by atoms with E-state index in [1.165, 1.54) is 11.3 Å². The molecule has 0 aliphatic rings. The van der Waals surface area contributed by atoms with Crippen molar-refractivity contribution in [2.24, 2.45) is 0 Å². The van der Waals surface area contributed by atoms with E-state index < -0.39 is 5.97 Å². The molecule has 3 rings (SSSR count). The lowest BCUT2D eigenvalue weighted by Crippen LogP contribution is -2.14. The van der Waals surface area contributed by atoms with Gasteiger partial charge in [-0.3, -0.25) is 9.59 Å². The normalized spacial score (nSPS) is 10.4. The van der Waals surface area contributed by atoms with Crippen LogP contribution in [0, 0.1) is 6.92 Å². The maximum atomic E-state index is 12.9. The minimum atomic E-state index is -0.587. The molecule has 2 amide bonds. The lowest BCUT2D eigenvalue weighted by Gasteiger charge is -2.06. The number of amides is 2. The number of ether oxygens (including phenoxy) is 2. The molecular formula is C21H20N2O5S2. The number of carbonyl (C=O) groups excluding carboxylic acids is 3. The van der Waals surface area contributed by atoms with Gasteiger partial charge in [-0.2, -0.15) is 0 Å². The zero-order valence-electron chi connectivity index (χ0n) is 16.6. The molecule has 0 aliphatic carbocycles. The second-order valence-electron chi connectivity index (χ2n) is 6.09. The minimum Gasteiger partial charge on any atom is -0.497 e. The molecule has 0 fully saturated rings. The first-order chi connectivity index (χ1) is 14.4. The molecule has 3 aromatic rings. The Morgan fingerprint density at radius 2 is 1.77 bits per heavy atom. The van der Waals surface area contributed by atoms with E-state index in [4.69, 9.17) is 9.47 Å². The number of carbonyl (C=O) groups is 3. The third-order valence-electron chi connectivity index (χ3n) is 4.15. The van der Waals surface area contributed by atoms with Gasteiger partial charge in [0.1, 0.15) is 10.8 Å². The summed E-state index contributed by atoms with van der Waals surface area (Å²) in [7, 11) is 1.56. The first-order valence-electron chi connectivity index (χ1n) is 9.05. The van der Waals surface area contributed by atoms with Gasteiger partial charge in [0, 0.05) is 5.69 Å². The van der Waals surface area contributed by atoms with Crippen molar-refractivity contribution >= 4 is 51.1 Å². The fraction of sp³-hybridized carbons (Fsp3) is 0.190. The molecule has 2 N–H and O–H groups in total. The molecule has 0 bridgehead atoms. The summed E-state index contributed by atoms with van der Waals surface area (Å²) in [6, 6.07) is 10.3. The lowest BCUT2D eigenvalue weighted by molar-refractivity contribution is 0.0527. The van der Waals surface area contributed by atoms with Crippen LogP contribution in [0.1, 0.15) is 42.2 Å². The molecule has 0 saturated heterocycles. The van der Waals surface area contributed by atoms with Crippen molar-refractivity contribution in [3.63, 3.8) is 0 Å². The van der Waals surface area contributed by atoms with Gasteiger partial charge in [0.05, 0.1) is 29.0 Å². The van der Waals surface area contributed by atoms with E-state index in [0.29, 0.717) is 26.8 Å². The molecule has 0 unspecified atom stereocenters. The van der Waals surface area contributed by atoms with Crippen molar-refractivity contribution in [2.75, 3.05) is 24.4 Å². The zero-order chi connectivity index (χ0) is 21.7. The standard InChI is InChI=1S/C21H20N2O5S2/c1-4-28-21(26)16-12(2)17(19(25)22-13-7-9-14(27-3)10-8-13)30-20(16)23-18(24)15-6-5-11-29-15/h5-11H,4H2,1-3H3,(H,22,25)(H,23,24). The van der Waals surface area contributed by atoms with Gasteiger partial charge in [0.15, 0.2) is 0 Å². The van der Waals surface area contributed by atoms with Gasteiger partial charge in [0.25, 0.3) is 11.8 Å². The summed E-state index contributed by atoms with van der Waals surface area (Å²) < 4.78 is 10.2. The molecule has 0 atom stereocenters. The summed E-state index contributed by atoms with van der Waals surface area (Å²) >= 11 is 2.32. The highest BCUT2D eigenvalue weighted by atomic mass is 32.1. The first-order valence-corrected chi connectivity index (χ1v) is 10.7. The van der Waals surface area contributed by atoms with Gasteiger partial charge in [-0.05, 0) is 55.1 Å². The number of thiophene rings is 2. The summed E-state index contributed by atoms with van der Waals surface area (Å²) in [5.74, 6) is -0.650. The van der Waals surface area contributed by atoms with E-state index in [0.717, 1.165) is 11.3 Å². The van der Waals surface area contributed by atoms with Gasteiger partial charge < -0.3 is 20.1 Å². The van der Waals surface area contributed by atoms with E-state index in [2.05, 4.69) is 10.6 Å². The molecule has 0 radical (unpaired) electrons. The van der Waals surface area contributed by atoms with Crippen molar-refractivity contribution in [3.8, 4) is 5.75 Å². The number of methoxy groups -OCH3 is 1. The fourth-order valence-electron chi connectivity index (χ4n) is 2.70. The Kier molecular flexibility index (Phi) is 6.86. The lowest BCUT2D eigenvalue weighted by atomic mass is 10.1. The van der Waals surface area contributed by atoms with Gasteiger partial charge in [-0.25, -0.2) is 4.79 Å². The highest BCUT2D eigenvalue weighted by Gasteiger charge is 2.27. The van der Waals surface area contributed by atoms with Crippen molar-refractivity contribution in [3.05, 3.63) is 62.7 Å². The van der Waals surface area contributed by atoms with Gasteiger partial charge >= 0.3 is 5.97 Å². The number of nitrogens with one attached hydrogen (secondary N) is 2. The number of esters is 1. The van der Waals surface area contributed by atoms with Crippen LogP contribution in [0.4, 0.5) is 10.7 Å². The monoisotopic (exact) mass is 444 g/mol.